The van der Waals surface area contributed by atoms with Gasteiger partial charge in [-0.05, 0) is 31.2 Å². The molecule has 0 saturated heterocycles. The van der Waals surface area contributed by atoms with Crippen molar-refractivity contribution < 1.29 is 27.9 Å². The predicted molar refractivity (Wildman–Crippen MR) is 108 cm³/mol. The fraction of sp³-hybridized carbons (Fsp3) is 0.421. The summed E-state index contributed by atoms with van der Waals surface area (Å²) in [6.45, 7) is 7.98. The lowest BCUT2D eigenvalue weighted by atomic mass is 10.2. The fourth-order valence-corrected chi connectivity index (χ4v) is 7.96. The second-order valence-electron chi connectivity index (χ2n) is 6.87. The SMILES string of the molecule is CC[Si](CC)(CC)c1cc(C(C)N(O)S(=O)(=O)c2cccc(C(=O)O)c2)co1. The molecule has 0 bridgehead atoms. The van der Waals surface area contributed by atoms with Crippen LogP contribution in [0.5, 0.6) is 0 Å². The molecule has 28 heavy (non-hydrogen) atoms. The Labute approximate surface area is 166 Å². The van der Waals surface area contributed by atoms with Crippen LogP contribution in [0.15, 0.2) is 45.9 Å². The molecule has 1 heterocycles. The Balaban J connectivity index is 2.35. The van der Waals surface area contributed by atoms with Crippen molar-refractivity contribution in [2.45, 2.75) is 56.8 Å². The topological polar surface area (TPSA) is 108 Å². The van der Waals surface area contributed by atoms with Crippen LogP contribution in [0.3, 0.4) is 0 Å². The normalized spacial score (nSPS) is 13.6. The number of hydrogen-bond acceptors (Lipinski definition) is 5. The molecular weight excluding hydrogens is 398 g/mol. The van der Waals surface area contributed by atoms with E-state index in [1.165, 1.54) is 24.5 Å². The first-order valence-corrected chi connectivity index (χ1v) is 13.3. The van der Waals surface area contributed by atoms with Gasteiger partial charge in [0.2, 0.25) is 0 Å². The summed E-state index contributed by atoms with van der Waals surface area (Å²) in [5, 5.41) is 20.4. The molecule has 0 fully saturated rings. The molecule has 154 valence electrons. The molecule has 0 aliphatic rings. The van der Waals surface area contributed by atoms with Crippen LogP contribution in [-0.2, 0) is 10.0 Å². The molecule has 1 aromatic heterocycles. The van der Waals surface area contributed by atoms with E-state index in [-0.39, 0.29) is 14.9 Å². The molecule has 0 amide bonds. The monoisotopic (exact) mass is 425 g/mol. The summed E-state index contributed by atoms with van der Waals surface area (Å²) >= 11 is 0. The molecule has 7 nitrogen and oxygen atoms in total. The second kappa shape index (κ2) is 8.60. The van der Waals surface area contributed by atoms with Gasteiger partial charge in [-0.3, -0.25) is 5.21 Å². The summed E-state index contributed by atoms with van der Waals surface area (Å²) in [6.07, 6.45) is 1.50. The van der Waals surface area contributed by atoms with E-state index in [2.05, 4.69) is 20.8 Å². The average Bonchev–Trinajstić information content (AvgIpc) is 3.19. The summed E-state index contributed by atoms with van der Waals surface area (Å²) in [5.74, 6) is -1.24. The average molecular weight is 426 g/mol. The fourth-order valence-electron chi connectivity index (χ4n) is 3.35. The minimum Gasteiger partial charge on any atom is -0.478 e. The highest BCUT2D eigenvalue weighted by molar-refractivity contribution is 7.89. The van der Waals surface area contributed by atoms with Crippen LogP contribution in [0.4, 0.5) is 0 Å². The van der Waals surface area contributed by atoms with Gasteiger partial charge in [0.15, 0.2) is 0 Å². The van der Waals surface area contributed by atoms with E-state index < -0.39 is 30.1 Å². The van der Waals surface area contributed by atoms with E-state index in [4.69, 9.17) is 9.52 Å². The molecule has 0 aliphatic heterocycles. The number of furan rings is 1. The standard InChI is InChI=1S/C19H27NO6SSi/c1-5-28(6-2,7-3)18-12-16(13-26-18)14(4)20(23)27(24,25)17-10-8-9-15(11-17)19(21)22/h8-14,23H,5-7H2,1-4H3,(H,21,22). The van der Waals surface area contributed by atoms with Crippen LogP contribution in [0.2, 0.25) is 18.1 Å². The largest absolute Gasteiger partial charge is 0.478 e. The van der Waals surface area contributed by atoms with Gasteiger partial charge in [-0.15, -0.1) is 0 Å². The van der Waals surface area contributed by atoms with Gasteiger partial charge in [-0.25, -0.2) is 13.2 Å². The van der Waals surface area contributed by atoms with Gasteiger partial charge in [0.25, 0.3) is 10.0 Å². The van der Waals surface area contributed by atoms with Gasteiger partial charge >= 0.3 is 5.97 Å². The van der Waals surface area contributed by atoms with E-state index in [1.54, 1.807) is 6.92 Å². The molecular formula is C19H27NO6SSi. The number of hydroxylamine groups is 1. The number of sulfonamides is 1. The van der Waals surface area contributed by atoms with Crippen LogP contribution in [-0.4, -0.2) is 37.2 Å². The molecule has 0 saturated carbocycles. The minimum absolute atomic E-state index is 0.169. The van der Waals surface area contributed by atoms with E-state index >= 15 is 0 Å². The Bertz CT molecular complexity index is 927. The van der Waals surface area contributed by atoms with E-state index in [0.717, 1.165) is 29.6 Å². The molecule has 1 unspecified atom stereocenters. The van der Waals surface area contributed by atoms with E-state index in [0.29, 0.717) is 5.56 Å². The molecule has 2 rings (SSSR count). The zero-order valence-corrected chi connectivity index (χ0v) is 18.4. The third-order valence-electron chi connectivity index (χ3n) is 5.61. The maximum absolute atomic E-state index is 12.8. The van der Waals surface area contributed by atoms with Crippen molar-refractivity contribution in [3.8, 4) is 0 Å². The first kappa shape index (κ1) is 22.3. The van der Waals surface area contributed by atoms with Gasteiger partial charge < -0.3 is 9.52 Å². The lowest BCUT2D eigenvalue weighted by Crippen LogP contribution is -2.45. The van der Waals surface area contributed by atoms with Crippen LogP contribution >= 0.6 is 0 Å². The number of carbonyl (C=O) groups is 1. The number of aromatic carboxylic acids is 1. The molecule has 1 atom stereocenters. The second-order valence-corrected chi connectivity index (χ2v) is 13.8. The van der Waals surface area contributed by atoms with Gasteiger partial charge in [-0.1, -0.05) is 49.4 Å². The molecule has 0 radical (unpaired) electrons. The number of carboxylic acids is 1. The minimum atomic E-state index is -4.29. The Hall–Kier alpha value is -1.94. The zero-order valence-electron chi connectivity index (χ0n) is 16.5. The summed E-state index contributed by atoms with van der Waals surface area (Å²) in [7, 11) is -6.05. The van der Waals surface area contributed by atoms with Crippen LogP contribution < -0.4 is 5.38 Å². The lowest BCUT2D eigenvalue weighted by molar-refractivity contribution is -0.0312. The van der Waals surface area contributed by atoms with E-state index in [9.17, 15) is 18.4 Å². The maximum Gasteiger partial charge on any atom is 0.335 e. The number of nitrogens with zero attached hydrogens (tertiary/aromatic N) is 1. The number of rotatable bonds is 9. The van der Waals surface area contributed by atoms with Gasteiger partial charge in [0, 0.05) is 5.56 Å². The number of hydrogen-bond donors (Lipinski definition) is 2. The summed E-state index contributed by atoms with van der Waals surface area (Å²) in [5.41, 5.74) is 0.389. The molecule has 9 heteroatoms. The Morgan fingerprint density at radius 3 is 2.32 bits per heavy atom. The van der Waals surface area contributed by atoms with Crippen molar-refractivity contribution in [3.63, 3.8) is 0 Å². The highest BCUT2D eigenvalue weighted by atomic mass is 32.2. The van der Waals surface area contributed by atoms with Crippen molar-refractivity contribution in [1.82, 2.24) is 4.47 Å². The Kier molecular flexibility index (Phi) is 6.87. The summed E-state index contributed by atoms with van der Waals surface area (Å²) in [6, 6.07) is 8.92. The van der Waals surface area contributed by atoms with Crippen LogP contribution in [0, 0.1) is 0 Å². The predicted octanol–water partition coefficient (Wildman–Crippen LogP) is 3.83. The highest BCUT2D eigenvalue weighted by Gasteiger charge is 2.35. The van der Waals surface area contributed by atoms with Crippen molar-refractivity contribution in [3.05, 3.63) is 47.7 Å². The highest BCUT2D eigenvalue weighted by Crippen LogP contribution is 2.28. The Morgan fingerprint density at radius 1 is 1.18 bits per heavy atom. The van der Waals surface area contributed by atoms with Gasteiger partial charge in [0.05, 0.1) is 28.1 Å². The van der Waals surface area contributed by atoms with Crippen molar-refractivity contribution in [2.24, 2.45) is 0 Å². The third kappa shape index (κ3) is 4.07. The number of carboxylic acid groups (broad SMARTS) is 1. The molecule has 0 spiro atoms. The molecule has 1 aromatic carbocycles. The van der Waals surface area contributed by atoms with Crippen molar-refractivity contribution in [1.29, 1.82) is 0 Å². The third-order valence-corrected chi connectivity index (χ3v) is 12.6. The lowest BCUT2D eigenvalue weighted by Gasteiger charge is -2.25. The maximum atomic E-state index is 12.8. The van der Waals surface area contributed by atoms with Crippen LogP contribution in [0.25, 0.3) is 0 Å². The zero-order chi connectivity index (χ0) is 21.1. The first-order chi connectivity index (χ1) is 13.1. The van der Waals surface area contributed by atoms with Crippen LogP contribution in [0.1, 0.15) is 49.7 Å². The number of benzene rings is 1. The molecule has 2 N–H and O–H groups in total. The quantitative estimate of drug-likeness (QED) is 0.467. The smallest absolute Gasteiger partial charge is 0.335 e. The summed E-state index contributed by atoms with van der Waals surface area (Å²) in [4.78, 5) is 10.8. The first-order valence-electron chi connectivity index (χ1n) is 9.28. The van der Waals surface area contributed by atoms with Crippen molar-refractivity contribution in [2.75, 3.05) is 0 Å². The van der Waals surface area contributed by atoms with Crippen molar-refractivity contribution >= 4 is 29.4 Å². The van der Waals surface area contributed by atoms with Gasteiger partial charge in [0.1, 0.15) is 8.07 Å². The van der Waals surface area contributed by atoms with Gasteiger partial charge in [-0.2, -0.15) is 0 Å². The molecule has 0 aliphatic carbocycles. The molecule has 2 aromatic rings. The Morgan fingerprint density at radius 2 is 1.79 bits per heavy atom. The summed E-state index contributed by atoms with van der Waals surface area (Å²) < 4.78 is 31.6. The van der Waals surface area contributed by atoms with E-state index in [1.807, 2.05) is 6.07 Å².